The Morgan fingerprint density at radius 3 is 2.65 bits per heavy atom. The number of aliphatic hydroxyl groups excluding tert-OH is 2. The van der Waals surface area contributed by atoms with Gasteiger partial charge in [-0.15, -0.1) is 0 Å². The first-order chi connectivity index (χ1) is 9.49. The third-order valence-corrected chi connectivity index (χ3v) is 5.09. The zero-order chi connectivity index (χ0) is 14.4. The Bertz CT molecular complexity index is 661. The summed E-state index contributed by atoms with van der Waals surface area (Å²) in [6.45, 7) is 0. The minimum Gasteiger partial charge on any atom is -0.390 e. The van der Waals surface area contributed by atoms with Crippen molar-refractivity contribution in [2.75, 3.05) is 0 Å². The maximum Gasteiger partial charge on any atom is 0.178 e. The standard InChI is InChI=1S/C13H13BrCl2N2O2/c14-13-17-8-4-6(15)7(16)5-10(8)18(13)9-2-1-3-11(19)12(9)20/h4-5,9,11-12,19-20H,1-3H2/t9-,11?,12?/m1/s1. The number of aromatic nitrogens is 2. The summed E-state index contributed by atoms with van der Waals surface area (Å²) in [5.74, 6) is 0. The molecule has 3 atom stereocenters. The van der Waals surface area contributed by atoms with Crippen molar-refractivity contribution >= 4 is 50.2 Å². The number of halogens is 3. The van der Waals surface area contributed by atoms with Gasteiger partial charge in [-0.1, -0.05) is 23.2 Å². The van der Waals surface area contributed by atoms with Gasteiger partial charge in [0.1, 0.15) is 6.10 Å². The van der Waals surface area contributed by atoms with Crippen LogP contribution in [0.4, 0.5) is 0 Å². The zero-order valence-electron chi connectivity index (χ0n) is 10.4. The summed E-state index contributed by atoms with van der Waals surface area (Å²) in [5, 5.41) is 21.0. The molecule has 0 spiro atoms. The van der Waals surface area contributed by atoms with E-state index in [-0.39, 0.29) is 6.04 Å². The van der Waals surface area contributed by atoms with Gasteiger partial charge in [-0.05, 0) is 47.3 Å². The molecule has 0 radical (unpaired) electrons. The molecule has 0 saturated heterocycles. The highest BCUT2D eigenvalue weighted by Gasteiger charge is 2.33. The van der Waals surface area contributed by atoms with Crippen LogP contribution in [0, 0.1) is 0 Å². The molecule has 20 heavy (non-hydrogen) atoms. The molecule has 2 N–H and O–H groups in total. The fourth-order valence-corrected chi connectivity index (χ4v) is 3.75. The van der Waals surface area contributed by atoms with Crippen LogP contribution in [0.5, 0.6) is 0 Å². The Kier molecular flexibility index (Phi) is 3.99. The summed E-state index contributed by atoms with van der Waals surface area (Å²) in [6.07, 6.45) is 0.737. The van der Waals surface area contributed by atoms with Gasteiger partial charge in [0.05, 0.1) is 33.2 Å². The van der Waals surface area contributed by atoms with E-state index in [1.165, 1.54) is 0 Å². The molecule has 2 unspecified atom stereocenters. The number of rotatable bonds is 1. The van der Waals surface area contributed by atoms with E-state index < -0.39 is 12.2 Å². The Morgan fingerprint density at radius 2 is 1.90 bits per heavy atom. The second-order valence-corrected chi connectivity index (χ2v) is 6.59. The Morgan fingerprint density at radius 1 is 1.20 bits per heavy atom. The minimum atomic E-state index is -0.813. The van der Waals surface area contributed by atoms with Gasteiger partial charge in [0, 0.05) is 0 Å². The van der Waals surface area contributed by atoms with Gasteiger partial charge in [-0.3, -0.25) is 0 Å². The topological polar surface area (TPSA) is 58.3 Å². The Balaban J connectivity index is 2.15. The molecule has 3 rings (SSSR count). The number of aliphatic hydroxyl groups is 2. The molecule has 1 aliphatic rings. The molecule has 0 aliphatic heterocycles. The van der Waals surface area contributed by atoms with Crippen LogP contribution in [0.15, 0.2) is 16.9 Å². The van der Waals surface area contributed by atoms with E-state index in [0.717, 1.165) is 18.4 Å². The van der Waals surface area contributed by atoms with Gasteiger partial charge in [0.2, 0.25) is 0 Å². The van der Waals surface area contributed by atoms with Crippen molar-refractivity contribution in [3.63, 3.8) is 0 Å². The average Bonchev–Trinajstić information content (AvgIpc) is 2.69. The smallest absolute Gasteiger partial charge is 0.178 e. The summed E-state index contributed by atoms with van der Waals surface area (Å²) < 4.78 is 2.48. The van der Waals surface area contributed by atoms with Gasteiger partial charge >= 0.3 is 0 Å². The van der Waals surface area contributed by atoms with Crippen LogP contribution >= 0.6 is 39.1 Å². The summed E-state index contributed by atoms with van der Waals surface area (Å²) in [7, 11) is 0. The van der Waals surface area contributed by atoms with Crippen molar-refractivity contribution in [2.24, 2.45) is 0 Å². The van der Waals surface area contributed by atoms with E-state index in [4.69, 9.17) is 23.2 Å². The summed E-state index contributed by atoms with van der Waals surface area (Å²) in [4.78, 5) is 4.39. The number of hydrogen-bond donors (Lipinski definition) is 2. The summed E-state index contributed by atoms with van der Waals surface area (Å²) in [5.41, 5.74) is 1.50. The molecule has 108 valence electrons. The Labute approximate surface area is 134 Å². The first-order valence-electron chi connectivity index (χ1n) is 6.37. The van der Waals surface area contributed by atoms with Crippen molar-refractivity contribution in [3.8, 4) is 0 Å². The molecule has 2 aromatic rings. The maximum absolute atomic E-state index is 10.2. The molecule has 1 aliphatic carbocycles. The van der Waals surface area contributed by atoms with Crippen molar-refractivity contribution < 1.29 is 10.2 Å². The lowest BCUT2D eigenvalue weighted by Gasteiger charge is -2.33. The second-order valence-electron chi connectivity index (χ2n) is 5.06. The molecule has 7 heteroatoms. The monoisotopic (exact) mass is 378 g/mol. The molecule has 4 nitrogen and oxygen atoms in total. The number of hydrogen-bond acceptors (Lipinski definition) is 3. The van der Waals surface area contributed by atoms with E-state index in [0.29, 0.717) is 26.7 Å². The van der Waals surface area contributed by atoms with Crippen molar-refractivity contribution in [1.82, 2.24) is 9.55 Å². The normalized spacial score (nSPS) is 27.1. The van der Waals surface area contributed by atoms with Gasteiger partial charge in [0.15, 0.2) is 4.73 Å². The largest absolute Gasteiger partial charge is 0.390 e. The molecule has 1 aromatic carbocycles. The molecule has 1 fully saturated rings. The van der Waals surface area contributed by atoms with Crippen LogP contribution < -0.4 is 0 Å². The Hall–Kier alpha value is -0.330. The molecule has 0 bridgehead atoms. The second kappa shape index (κ2) is 5.46. The lowest BCUT2D eigenvalue weighted by molar-refractivity contribution is -0.0391. The van der Waals surface area contributed by atoms with E-state index in [1.807, 2.05) is 4.57 Å². The van der Waals surface area contributed by atoms with Gasteiger partial charge in [-0.2, -0.15) is 0 Å². The molecule has 1 saturated carbocycles. The van der Waals surface area contributed by atoms with Crippen molar-refractivity contribution in [3.05, 3.63) is 26.9 Å². The minimum absolute atomic E-state index is 0.227. The molecule has 1 heterocycles. The highest BCUT2D eigenvalue weighted by Crippen LogP contribution is 2.37. The van der Waals surface area contributed by atoms with Crippen molar-refractivity contribution in [1.29, 1.82) is 0 Å². The highest BCUT2D eigenvalue weighted by molar-refractivity contribution is 9.10. The lowest BCUT2D eigenvalue weighted by atomic mass is 9.90. The van der Waals surface area contributed by atoms with Crippen LogP contribution in [0.3, 0.4) is 0 Å². The average molecular weight is 380 g/mol. The van der Waals surface area contributed by atoms with Crippen LogP contribution in [0.1, 0.15) is 25.3 Å². The third-order valence-electron chi connectivity index (χ3n) is 3.81. The molecular formula is C13H13BrCl2N2O2. The number of benzene rings is 1. The number of nitrogens with zero attached hydrogens (tertiary/aromatic N) is 2. The van der Waals surface area contributed by atoms with E-state index in [9.17, 15) is 10.2 Å². The SMILES string of the molecule is OC1CCC[C@@H](n2c(Br)nc3cc(Cl)c(Cl)cc32)C1O. The third kappa shape index (κ3) is 2.35. The lowest BCUT2D eigenvalue weighted by Crippen LogP contribution is -2.38. The predicted octanol–water partition coefficient (Wildman–Crippen LogP) is 3.55. The van der Waals surface area contributed by atoms with E-state index in [2.05, 4.69) is 20.9 Å². The molecular weight excluding hydrogens is 367 g/mol. The van der Waals surface area contributed by atoms with Gasteiger partial charge in [0.25, 0.3) is 0 Å². The van der Waals surface area contributed by atoms with Crippen LogP contribution in [-0.2, 0) is 0 Å². The first-order valence-corrected chi connectivity index (χ1v) is 7.92. The van der Waals surface area contributed by atoms with Crippen LogP contribution in [-0.4, -0.2) is 32.0 Å². The fourth-order valence-electron chi connectivity index (χ4n) is 2.79. The van der Waals surface area contributed by atoms with Gasteiger partial charge in [-0.25, -0.2) is 4.98 Å². The van der Waals surface area contributed by atoms with Crippen molar-refractivity contribution in [2.45, 2.75) is 37.5 Å². The van der Waals surface area contributed by atoms with Crippen LogP contribution in [0.25, 0.3) is 11.0 Å². The summed E-state index contributed by atoms with van der Waals surface area (Å²) in [6, 6.07) is 3.21. The summed E-state index contributed by atoms with van der Waals surface area (Å²) >= 11 is 15.5. The van der Waals surface area contributed by atoms with Crippen LogP contribution in [0.2, 0.25) is 10.0 Å². The molecule has 1 aromatic heterocycles. The first kappa shape index (κ1) is 14.6. The number of fused-ring (bicyclic) bond motifs is 1. The maximum atomic E-state index is 10.2. The van der Waals surface area contributed by atoms with E-state index >= 15 is 0 Å². The van der Waals surface area contributed by atoms with Gasteiger partial charge < -0.3 is 14.8 Å². The zero-order valence-corrected chi connectivity index (χ0v) is 13.5. The quantitative estimate of drug-likeness (QED) is 0.796. The number of imidazole rings is 1. The van der Waals surface area contributed by atoms with E-state index in [1.54, 1.807) is 12.1 Å². The molecule has 0 amide bonds. The predicted molar refractivity (Wildman–Crippen MR) is 82.4 cm³/mol. The fraction of sp³-hybridized carbons (Fsp3) is 0.462. The highest BCUT2D eigenvalue weighted by atomic mass is 79.9.